The Bertz CT molecular complexity index is 1070. The van der Waals surface area contributed by atoms with Crippen LogP contribution in [0.2, 0.25) is 0 Å². The largest absolute Gasteiger partial charge is 0.477 e. The van der Waals surface area contributed by atoms with Crippen molar-refractivity contribution in [2.75, 3.05) is 5.32 Å². The van der Waals surface area contributed by atoms with E-state index in [-0.39, 0.29) is 11.4 Å². The lowest BCUT2D eigenvalue weighted by Crippen LogP contribution is -2.61. The van der Waals surface area contributed by atoms with E-state index in [0.717, 1.165) is 0 Å². The van der Waals surface area contributed by atoms with Gasteiger partial charge < -0.3 is 24.4 Å². The quantitative estimate of drug-likeness (QED) is 0.633. The van der Waals surface area contributed by atoms with Crippen LogP contribution in [0.4, 0.5) is 10.7 Å². The molecular formula is C20H20N4O6. The number of fused-ring (bicyclic) bond motifs is 1. The third-order valence-electron chi connectivity index (χ3n) is 5.36. The Morgan fingerprint density at radius 2 is 2.13 bits per heavy atom. The summed E-state index contributed by atoms with van der Waals surface area (Å²) in [6.45, 7) is 1.52. The highest BCUT2D eigenvalue weighted by atomic mass is 16.6. The summed E-state index contributed by atoms with van der Waals surface area (Å²) in [4.78, 5) is 41.6. The number of aromatic nitrogens is 2. The van der Waals surface area contributed by atoms with Crippen molar-refractivity contribution in [2.45, 2.75) is 25.5 Å². The second-order valence-electron chi connectivity index (χ2n) is 7.28. The predicted octanol–water partition coefficient (Wildman–Crippen LogP) is 1.44. The van der Waals surface area contributed by atoms with Crippen LogP contribution in [0, 0.1) is 5.92 Å². The molecule has 2 aliphatic rings. The number of hydrogen-bond acceptors (Lipinski definition) is 6. The fourth-order valence-corrected chi connectivity index (χ4v) is 3.98. The molecule has 0 radical (unpaired) electrons. The molecule has 2 aromatic rings. The molecule has 30 heavy (non-hydrogen) atoms. The summed E-state index contributed by atoms with van der Waals surface area (Å²) in [6, 6.07) is 6.04. The molecule has 2 aliphatic heterocycles. The van der Waals surface area contributed by atoms with Crippen LogP contribution in [-0.2, 0) is 16.6 Å². The van der Waals surface area contributed by atoms with Gasteiger partial charge in [-0.1, -0.05) is 12.1 Å². The van der Waals surface area contributed by atoms with Crippen LogP contribution >= 0.6 is 0 Å². The van der Waals surface area contributed by atoms with Crippen LogP contribution in [-0.4, -0.2) is 54.8 Å². The van der Waals surface area contributed by atoms with Gasteiger partial charge in [0.2, 0.25) is 11.9 Å². The van der Waals surface area contributed by atoms with Crippen molar-refractivity contribution >= 4 is 29.5 Å². The van der Waals surface area contributed by atoms with E-state index < -0.39 is 36.0 Å². The lowest BCUT2D eigenvalue weighted by molar-refractivity contribution is -0.161. The van der Waals surface area contributed by atoms with Crippen LogP contribution in [0.25, 0.3) is 5.57 Å². The zero-order valence-corrected chi connectivity index (χ0v) is 16.3. The van der Waals surface area contributed by atoms with E-state index in [1.54, 1.807) is 42.1 Å². The second-order valence-corrected chi connectivity index (χ2v) is 7.28. The Labute approximate surface area is 171 Å². The number of ether oxygens (including phenoxy) is 1. The molecule has 1 fully saturated rings. The van der Waals surface area contributed by atoms with Crippen LogP contribution in [0.3, 0.4) is 0 Å². The van der Waals surface area contributed by atoms with Gasteiger partial charge in [-0.25, -0.2) is 14.6 Å². The van der Waals surface area contributed by atoms with Gasteiger partial charge in [0.05, 0.1) is 18.1 Å². The Balaban J connectivity index is 1.57. The summed E-state index contributed by atoms with van der Waals surface area (Å²) in [7, 11) is 1.72. The number of hydrogen-bond donors (Lipinski definition) is 3. The lowest BCUT2D eigenvalue weighted by atomic mass is 9.82. The fraction of sp³-hybridized carbons (Fsp3) is 0.300. The first-order valence-electron chi connectivity index (χ1n) is 9.32. The number of aryl methyl sites for hydroxylation is 1. The number of imidazole rings is 1. The molecule has 1 aromatic heterocycles. The van der Waals surface area contributed by atoms with Crippen molar-refractivity contribution in [1.82, 2.24) is 14.5 Å². The minimum Gasteiger partial charge on any atom is -0.477 e. The topological polar surface area (TPSA) is 134 Å². The van der Waals surface area contributed by atoms with E-state index in [0.29, 0.717) is 23.5 Å². The molecule has 3 atom stereocenters. The van der Waals surface area contributed by atoms with Crippen molar-refractivity contribution in [3.05, 3.63) is 47.9 Å². The highest BCUT2D eigenvalue weighted by molar-refractivity contribution is 6.06. The number of amides is 2. The highest BCUT2D eigenvalue weighted by Crippen LogP contribution is 2.47. The Kier molecular flexibility index (Phi) is 4.78. The molecule has 3 heterocycles. The van der Waals surface area contributed by atoms with Crippen molar-refractivity contribution in [1.29, 1.82) is 0 Å². The Morgan fingerprint density at radius 3 is 2.77 bits per heavy atom. The number of anilines is 1. The third kappa shape index (κ3) is 3.20. The molecule has 1 aromatic carbocycles. The molecule has 4 rings (SSSR count). The first kappa shape index (κ1) is 19.6. The standard InChI is InChI=1S/C20H20N4O6/c1-10(25)15-14-9-13(16(18(27)28)24(14)17(15)26)11-4-3-5-12(8-11)30-20(29)22-19-21-6-7-23(19)2/h3-8,10,14-15,25H,9H2,1-2H3,(H,27,28)(H,21,22,29)/t10-,14-,15-/m1/s1. The van der Waals surface area contributed by atoms with E-state index in [9.17, 15) is 24.6 Å². The maximum Gasteiger partial charge on any atom is 0.419 e. The maximum absolute atomic E-state index is 12.4. The number of aliphatic hydroxyl groups excluding tert-OH is 1. The fourth-order valence-electron chi connectivity index (χ4n) is 3.98. The van der Waals surface area contributed by atoms with E-state index in [1.165, 1.54) is 18.0 Å². The molecule has 0 bridgehead atoms. The third-order valence-corrected chi connectivity index (χ3v) is 5.36. The van der Waals surface area contributed by atoms with Gasteiger partial charge >= 0.3 is 12.1 Å². The molecule has 0 saturated carbocycles. The number of benzene rings is 1. The van der Waals surface area contributed by atoms with Crippen molar-refractivity contribution in [3.8, 4) is 5.75 Å². The number of aliphatic carboxylic acids is 1. The van der Waals surface area contributed by atoms with Gasteiger partial charge in [-0.15, -0.1) is 0 Å². The van der Waals surface area contributed by atoms with Gasteiger partial charge in [0.15, 0.2) is 0 Å². The minimum atomic E-state index is -1.22. The van der Waals surface area contributed by atoms with Gasteiger partial charge in [-0.05, 0) is 36.6 Å². The molecular weight excluding hydrogens is 392 g/mol. The molecule has 10 nitrogen and oxygen atoms in total. The number of carboxylic acids is 1. The van der Waals surface area contributed by atoms with Gasteiger partial charge in [0.1, 0.15) is 11.4 Å². The number of rotatable bonds is 5. The number of carboxylic acid groups (broad SMARTS) is 1. The summed E-state index contributed by atoms with van der Waals surface area (Å²) in [5.41, 5.74) is 0.886. The predicted molar refractivity (Wildman–Crippen MR) is 104 cm³/mol. The van der Waals surface area contributed by atoms with Gasteiger partial charge in [0.25, 0.3) is 0 Å². The first-order valence-corrected chi connectivity index (χ1v) is 9.32. The second kappa shape index (κ2) is 7.30. The first-order chi connectivity index (χ1) is 14.3. The molecule has 156 valence electrons. The molecule has 10 heteroatoms. The average Bonchev–Trinajstić information content (AvgIpc) is 3.23. The molecule has 0 unspecified atom stereocenters. The summed E-state index contributed by atoms with van der Waals surface area (Å²) < 4.78 is 6.91. The van der Waals surface area contributed by atoms with Crippen LogP contribution in [0.15, 0.2) is 42.4 Å². The number of nitrogens with zero attached hydrogens (tertiary/aromatic N) is 3. The zero-order chi connectivity index (χ0) is 21.6. The van der Waals surface area contributed by atoms with Crippen molar-refractivity contribution in [2.24, 2.45) is 13.0 Å². The van der Waals surface area contributed by atoms with Crippen molar-refractivity contribution in [3.63, 3.8) is 0 Å². The Morgan fingerprint density at radius 1 is 1.37 bits per heavy atom. The molecule has 0 spiro atoms. The number of carbonyl (C=O) groups is 3. The van der Waals surface area contributed by atoms with Gasteiger partial charge in [-0.3, -0.25) is 10.1 Å². The van der Waals surface area contributed by atoms with Crippen LogP contribution in [0.5, 0.6) is 5.75 Å². The molecule has 0 aliphatic carbocycles. The summed E-state index contributed by atoms with van der Waals surface area (Å²) in [6.07, 6.45) is 1.89. The van der Waals surface area contributed by atoms with E-state index in [2.05, 4.69) is 10.3 Å². The van der Waals surface area contributed by atoms with E-state index >= 15 is 0 Å². The SMILES string of the molecule is C[C@@H](O)[C@H]1C(=O)N2C(C(=O)O)=C(c3cccc(OC(=O)Nc4nccn4C)c3)C[C@H]12. The molecule has 2 amide bonds. The number of β-lactam (4-membered cyclic amide) rings is 1. The van der Waals surface area contributed by atoms with E-state index in [1.807, 2.05) is 0 Å². The number of carbonyl (C=O) groups excluding carboxylic acids is 2. The molecule has 1 saturated heterocycles. The Hall–Kier alpha value is -3.66. The van der Waals surface area contributed by atoms with Gasteiger partial charge in [0, 0.05) is 19.4 Å². The average molecular weight is 412 g/mol. The maximum atomic E-state index is 12.4. The minimum absolute atomic E-state index is 0.100. The monoisotopic (exact) mass is 412 g/mol. The number of aliphatic hydroxyl groups is 1. The zero-order valence-electron chi connectivity index (χ0n) is 16.3. The van der Waals surface area contributed by atoms with Crippen LogP contribution in [0.1, 0.15) is 18.9 Å². The lowest BCUT2D eigenvalue weighted by Gasteiger charge is -2.44. The summed E-state index contributed by atoms with van der Waals surface area (Å²) in [5.74, 6) is -1.72. The summed E-state index contributed by atoms with van der Waals surface area (Å²) in [5, 5.41) is 22.0. The van der Waals surface area contributed by atoms with Gasteiger partial charge in [-0.2, -0.15) is 0 Å². The molecule has 3 N–H and O–H groups in total. The van der Waals surface area contributed by atoms with Crippen LogP contribution < -0.4 is 10.1 Å². The normalized spacial score (nSPS) is 21.2. The van der Waals surface area contributed by atoms with E-state index in [4.69, 9.17) is 4.74 Å². The number of nitrogens with one attached hydrogen (secondary N) is 1. The summed E-state index contributed by atoms with van der Waals surface area (Å²) >= 11 is 0. The highest BCUT2D eigenvalue weighted by Gasteiger charge is 2.56. The smallest absolute Gasteiger partial charge is 0.419 e. The van der Waals surface area contributed by atoms with Crippen molar-refractivity contribution < 1.29 is 29.3 Å².